The molecule has 0 aliphatic heterocycles. The lowest BCUT2D eigenvalue weighted by Crippen LogP contribution is -2.43. The van der Waals surface area contributed by atoms with Crippen LogP contribution in [0.4, 0.5) is 10.6 Å². The predicted octanol–water partition coefficient (Wildman–Crippen LogP) is 0.846. The normalized spacial score (nSPS) is 9.95. The molecular weight excluding hydrogens is 268 g/mol. The summed E-state index contributed by atoms with van der Waals surface area (Å²) in [6, 6.07) is 4.63. The fourth-order valence-electron chi connectivity index (χ4n) is 1.45. The molecule has 0 fully saturated rings. The molecule has 1 N–H and O–H groups in total. The summed E-state index contributed by atoms with van der Waals surface area (Å²) in [6.07, 6.45) is 0. The van der Waals surface area contributed by atoms with Crippen LogP contribution in [0.5, 0.6) is 0 Å². The molecule has 1 aromatic rings. The van der Waals surface area contributed by atoms with Gasteiger partial charge in [0.2, 0.25) is 5.56 Å². The van der Waals surface area contributed by atoms with Crippen molar-refractivity contribution >= 4 is 24.3 Å². The molecule has 0 saturated carbocycles. The Morgan fingerprint density at radius 2 is 1.79 bits per heavy atom. The van der Waals surface area contributed by atoms with Crippen LogP contribution in [0, 0.1) is 0 Å². The minimum absolute atomic E-state index is 0. The molecule has 0 bridgehead atoms. The molecule has 2 amide bonds. The van der Waals surface area contributed by atoms with E-state index < -0.39 is 0 Å². The summed E-state index contributed by atoms with van der Waals surface area (Å²) < 4.78 is 0. The van der Waals surface area contributed by atoms with E-state index in [-0.39, 0.29) is 24.0 Å². The maximum absolute atomic E-state index is 12.1. The highest BCUT2D eigenvalue weighted by atomic mass is 35.5. The molecule has 19 heavy (non-hydrogen) atoms. The maximum atomic E-state index is 12.1. The minimum atomic E-state index is -0.214. The van der Waals surface area contributed by atoms with Crippen LogP contribution in [0.2, 0.25) is 0 Å². The SMILES string of the molecule is CN(C)CCN(C(=O)N(C)C)c1cccc(=O)[nH]1.Cl. The number of carbonyl (C=O) groups excluding carboxylic acids is 1. The molecule has 0 radical (unpaired) electrons. The van der Waals surface area contributed by atoms with Gasteiger partial charge in [0.05, 0.1) is 0 Å². The van der Waals surface area contributed by atoms with Crippen LogP contribution in [0.1, 0.15) is 0 Å². The number of carbonyl (C=O) groups is 1. The molecule has 0 spiro atoms. The summed E-state index contributed by atoms with van der Waals surface area (Å²) in [5.41, 5.74) is -0.214. The van der Waals surface area contributed by atoms with Gasteiger partial charge < -0.3 is 14.8 Å². The first kappa shape index (κ1) is 17.5. The van der Waals surface area contributed by atoms with Gasteiger partial charge in [-0.1, -0.05) is 6.07 Å². The van der Waals surface area contributed by atoms with Crippen molar-refractivity contribution in [1.29, 1.82) is 0 Å². The van der Waals surface area contributed by atoms with Gasteiger partial charge in [-0.25, -0.2) is 4.79 Å². The lowest BCUT2D eigenvalue weighted by molar-refractivity contribution is 0.222. The van der Waals surface area contributed by atoms with Crippen molar-refractivity contribution in [2.24, 2.45) is 0 Å². The zero-order chi connectivity index (χ0) is 13.7. The molecule has 0 atom stereocenters. The van der Waals surface area contributed by atoms with Crippen molar-refractivity contribution in [3.8, 4) is 0 Å². The number of halogens is 1. The number of rotatable bonds is 4. The van der Waals surface area contributed by atoms with E-state index >= 15 is 0 Å². The maximum Gasteiger partial charge on any atom is 0.325 e. The topological polar surface area (TPSA) is 59.6 Å². The number of amides is 2. The zero-order valence-electron chi connectivity index (χ0n) is 11.7. The highest BCUT2D eigenvalue weighted by Gasteiger charge is 2.18. The summed E-state index contributed by atoms with van der Waals surface area (Å²) >= 11 is 0. The number of hydrogen-bond donors (Lipinski definition) is 1. The second-order valence-electron chi connectivity index (χ2n) is 4.53. The molecule has 0 aliphatic carbocycles. The largest absolute Gasteiger partial charge is 0.330 e. The van der Waals surface area contributed by atoms with E-state index in [9.17, 15) is 9.59 Å². The van der Waals surface area contributed by atoms with Gasteiger partial charge in [0, 0.05) is 33.3 Å². The lowest BCUT2D eigenvalue weighted by Gasteiger charge is -2.26. The molecule has 7 heteroatoms. The molecule has 1 heterocycles. The summed E-state index contributed by atoms with van der Waals surface area (Å²) in [6.45, 7) is 1.24. The van der Waals surface area contributed by atoms with Gasteiger partial charge in [0.1, 0.15) is 5.82 Å². The predicted molar refractivity (Wildman–Crippen MR) is 79.3 cm³/mol. The Morgan fingerprint density at radius 3 is 2.26 bits per heavy atom. The number of nitrogens with zero attached hydrogens (tertiary/aromatic N) is 3. The fourth-order valence-corrected chi connectivity index (χ4v) is 1.45. The lowest BCUT2D eigenvalue weighted by atomic mass is 10.4. The van der Waals surface area contributed by atoms with Crippen LogP contribution in [0.3, 0.4) is 0 Å². The van der Waals surface area contributed by atoms with Gasteiger partial charge in [-0.15, -0.1) is 12.4 Å². The Bertz CT molecular complexity index is 459. The van der Waals surface area contributed by atoms with E-state index in [1.807, 2.05) is 19.0 Å². The molecule has 0 saturated heterocycles. The van der Waals surface area contributed by atoms with Gasteiger partial charge >= 0.3 is 6.03 Å². The number of anilines is 1. The van der Waals surface area contributed by atoms with Crippen molar-refractivity contribution < 1.29 is 4.79 Å². The summed E-state index contributed by atoms with van der Waals surface area (Å²) in [5, 5.41) is 0. The standard InChI is InChI=1S/C12H20N4O2.ClH/c1-14(2)8-9-16(12(18)15(3)4)10-6-5-7-11(17)13-10;/h5-7H,8-9H2,1-4H3,(H,13,17);1H. The fraction of sp³-hybridized carbons (Fsp3) is 0.500. The van der Waals surface area contributed by atoms with Crippen molar-refractivity contribution in [2.45, 2.75) is 0 Å². The Hall–Kier alpha value is -1.53. The first-order valence-corrected chi connectivity index (χ1v) is 5.74. The summed E-state index contributed by atoms with van der Waals surface area (Å²) in [4.78, 5) is 31.1. The molecule has 0 aromatic carbocycles. The van der Waals surface area contributed by atoms with Crippen molar-refractivity contribution in [2.75, 3.05) is 46.2 Å². The van der Waals surface area contributed by atoms with Crippen molar-refractivity contribution in [1.82, 2.24) is 14.8 Å². The molecule has 6 nitrogen and oxygen atoms in total. The van der Waals surface area contributed by atoms with E-state index in [0.29, 0.717) is 12.4 Å². The molecule has 108 valence electrons. The summed E-state index contributed by atoms with van der Waals surface area (Å²) in [5.74, 6) is 0.517. The molecule has 1 rings (SSSR count). The molecule has 0 unspecified atom stereocenters. The van der Waals surface area contributed by atoms with Crippen molar-refractivity contribution in [3.05, 3.63) is 28.6 Å². The van der Waals surface area contributed by atoms with Crippen LogP contribution in [0.15, 0.2) is 23.0 Å². The van der Waals surface area contributed by atoms with Crippen LogP contribution < -0.4 is 10.5 Å². The first-order chi connectivity index (χ1) is 8.41. The summed E-state index contributed by atoms with van der Waals surface area (Å²) in [7, 11) is 7.25. The third-order valence-electron chi connectivity index (χ3n) is 2.43. The number of H-pyrrole nitrogens is 1. The number of nitrogens with one attached hydrogen (secondary N) is 1. The second-order valence-corrected chi connectivity index (χ2v) is 4.53. The first-order valence-electron chi connectivity index (χ1n) is 5.74. The van der Waals surface area contributed by atoms with E-state index in [4.69, 9.17) is 0 Å². The number of likely N-dealkylation sites (N-methyl/N-ethyl adjacent to an activating group) is 1. The molecule has 0 aliphatic rings. The Kier molecular flexibility index (Phi) is 7.18. The number of hydrogen-bond acceptors (Lipinski definition) is 3. The van der Waals surface area contributed by atoms with Crippen LogP contribution >= 0.6 is 12.4 Å². The van der Waals surface area contributed by atoms with E-state index in [1.165, 1.54) is 11.0 Å². The van der Waals surface area contributed by atoms with Gasteiger partial charge in [0.25, 0.3) is 0 Å². The average molecular weight is 289 g/mol. The quantitative estimate of drug-likeness (QED) is 0.893. The Balaban J connectivity index is 0.00000324. The Labute approximate surface area is 119 Å². The number of aromatic amines is 1. The van der Waals surface area contributed by atoms with Crippen LogP contribution in [0.25, 0.3) is 0 Å². The van der Waals surface area contributed by atoms with E-state index in [0.717, 1.165) is 6.54 Å². The molecule has 1 aromatic heterocycles. The van der Waals surface area contributed by atoms with Crippen LogP contribution in [-0.2, 0) is 0 Å². The highest BCUT2D eigenvalue weighted by Crippen LogP contribution is 2.09. The number of urea groups is 1. The smallest absolute Gasteiger partial charge is 0.325 e. The third-order valence-corrected chi connectivity index (χ3v) is 2.43. The zero-order valence-corrected chi connectivity index (χ0v) is 12.5. The number of pyridine rings is 1. The van der Waals surface area contributed by atoms with E-state index in [2.05, 4.69) is 4.98 Å². The number of aromatic nitrogens is 1. The third kappa shape index (κ3) is 5.32. The minimum Gasteiger partial charge on any atom is -0.330 e. The van der Waals surface area contributed by atoms with Gasteiger partial charge in [-0.05, 0) is 20.2 Å². The highest BCUT2D eigenvalue weighted by molar-refractivity contribution is 5.90. The van der Waals surface area contributed by atoms with Gasteiger partial charge in [0.15, 0.2) is 0 Å². The van der Waals surface area contributed by atoms with Gasteiger partial charge in [-0.3, -0.25) is 9.69 Å². The average Bonchev–Trinajstić information content (AvgIpc) is 2.28. The van der Waals surface area contributed by atoms with Crippen molar-refractivity contribution in [3.63, 3.8) is 0 Å². The monoisotopic (exact) mass is 288 g/mol. The second kappa shape index (κ2) is 7.81. The molecular formula is C12H21ClN4O2. The van der Waals surface area contributed by atoms with Crippen LogP contribution in [-0.4, -0.2) is 62.1 Å². The Morgan fingerprint density at radius 1 is 1.16 bits per heavy atom. The van der Waals surface area contributed by atoms with E-state index in [1.54, 1.807) is 31.1 Å². The van der Waals surface area contributed by atoms with Gasteiger partial charge in [-0.2, -0.15) is 0 Å².